The van der Waals surface area contributed by atoms with Crippen molar-refractivity contribution in [2.24, 2.45) is 5.10 Å². The standard InChI is InChI=1S/C19H20N2O4/c1-3-15-11-18(25-13(2)22)8-7-16(15)12-20-21-19(24)10-14-5-4-6-17(23)9-14/h4-9,11-12,23H,3,10H2,1-2H3,(H,21,24)/b20-12+. The number of hydrogen-bond acceptors (Lipinski definition) is 5. The zero-order valence-corrected chi connectivity index (χ0v) is 14.2. The first-order chi connectivity index (χ1) is 12.0. The van der Waals surface area contributed by atoms with Gasteiger partial charge in [-0.3, -0.25) is 9.59 Å². The Morgan fingerprint density at radius 2 is 2.04 bits per heavy atom. The summed E-state index contributed by atoms with van der Waals surface area (Å²) in [6.45, 7) is 3.33. The smallest absolute Gasteiger partial charge is 0.308 e. The Hall–Kier alpha value is -3.15. The molecule has 0 unspecified atom stereocenters. The molecule has 0 atom stereocenters. The summed E-state index contributed by atoms with van der Waals surface area (Å²) in [6, 6.07) is 11.7. The summed E-state index contributed by atoms with van der Waals surface area (Å²) in [6.07, 6.45) is 2.40. The van der Waals surface area contributed by atoms with E-state index in [0.29, 0.717) is 11.3 Å². The molecule has 2 N–H and O–H groups in total. The van der Waals surface area contributed by atoms with Crippen molar-refractivity contribution in [2.45, 2.75) is 26.7 Å². The van der Waals surface area contributed by atoms with Gasteiger partial charge in [0.25, 0.3) is 0 Å². The van der Waals surface area contributed by atoms with Gasteiger partial charge in [0.2, 0.25) is 5.91 Å². The van der Waals surface area contributed by atoms with Crippen LogP contribution in [0.2, 0.25) is 0 Å². The predicted octanol–water partition coefficient (Wildman–Crippen LogP) is 2.57. The fourth-order valence-corrected chi connectivity index (χ4v) is 2.31. The number of aromatic hydroxyl groups is 1. The van der Waals surface area contributed by atoms with Crippen LogP contribution in [0.25, 0.3) is 0 Å². The normalized spacial score (nSPS) is 10.6. The molecule has 6 heteroatoms. The van der Waals surface area contributed by atoms with Gasteiger partial charge in [0, 0.05) is 6.92 Å². The van der Waals surface area contributed by atoms with Crippen molar-refractivity contribution >= 4 is 18.1 Å². The molecule has 0 saturated heterocycles. The average molecular weight is 340 g/mol. The van der Waals surface area contributed by atoms with E-state index in [0.717, 1.165) is 17.5 Å². The quantitative estimate of drug-likeness (QED) is 0.366. The summed E-state index contributed by atoms with van der Waals surface area (Å²) in [4.78, 5) is 22.9. The molecule has 0 aromatic heterocycles. The molecule has 2 aromatic carbocycles. The minimum atomic E-state index is -0.373. The lowest BCUT2D eigenvalue weighted by atomic mass is 10.1. The second-order valence-electron chi connectivity index (χ2n) is 5.45. The third-order valence-electron chi connectivity index (χ3n) is 3.43. The number of phenols is 1. The molecule has 0 bridgehead atoms. The number of hydrogen-bond donors (Lipinski definition) is 2. The highest BCUT2D eigenvalue weighted by Crippen LogP contribution is 2.17. The van der Waals surface area contributed by atoms with Crippen molar-refractivity contribution in [2.75, 3.05) is 0 Å². The third kappa shape index (κ3) is 5.76. The molecule has 130 valence electrons. The molecule has 0 aliphatic rings. The topological polar surface area (TPSA) is 88.0 Å². The van der Waals surface area contributed by atoms with E-state index in [-0.39, 0.29) is 24.0 Å². The summed E-state index contributed by atoms with van der Waals surface area (Å²) in [5.41, 5.74) is 4.94. The summed E-state index contributed by atoms with van der Waals surface area (Å²) in [7, 11) is 0. The first-order valence-electron chi connectivity index (χ1n) is 7.89. The first kappa shape index (κ1) is 18.2. The second kappa shape index (κ2) is 8.63. The number of nitrogens with zero attached hydrogens (tertiary/aromatic N) is 1. The number of rotatable bonds is 6. The van der Waals surface area contributed by atoms with E-state index in [9.17, 15) is 14.7 Å². The Morgan fingerprint density at radius 1 is 1.24 bits per heavy atom. The van der Waals surface area contributed by atoms with E-state index in [1.54, 1.807) is 42.6 Å². The zero-order chi connectivity index (χ0) is 18.2. The molecule has 6 nitrogen and oxygen atoms in total. The third-order valence-corrected chi connectivity index (χ3v) is 3.43. The van der Waals surface area contributed by atoms with Crippen LogP contribution in [0.4, 0.5) is 0 Å². The molecule has 0 aliphatic heterocycles. The lowest BCUT2D eigenvalue weighted by Crippen LogP contribution is -2.19. The summed E-state index contributed by atoms with van der Waals surface area (Å²) >= 11 is 0. The van der Waals surface area contributed by atoms with Gasteiger partial charge in [-0.15, -0.1) is 0 Å². The Kier molecular flexibility index (Phi) is 6.28. The second-order valence-corrected chi connectivity index (χ2v) is 5.45. The number of nitrogens with one attached hydrogen (secondary N) is 1. The van der Waals surface area contributed by atoms with Crippen molar-refractivity contribution in [1.29, 1.82) is 0 Å². The van der Waals surface area contributed by atoms with Crippen molar-refractivity contribution < 1.29 is 19.4 Å². The number of carbonyl (C=O) groups excluding carboxylic acids is 2. The highest BCUT2D eigenvalue weighted by Gasteiger charge is 2.05. The summed E-state index contributed by atoms with van der Waals surface area (Å²) in [5, 5.41) is 13.4. The van der Waals surface area contributed by atoms with Gasteiger partial charge in [0.15, 0.2) is 0 Å². The van der Waals surface area contributed by atoms with Crippen LogP contribution in [0.1, 0.15) is 30.5 Å². The molecule has 0 fully saturated rings. The van der Waals surface area contributed by atoms with Crippen molar-refractivity contribution in [3.63, 3.8) is 0 Å². The van der Waals surface area contributed by atoms with Crippen molar-refractivity contribution in [1.82, 2.24) is 5.43 Å². The number of ether oxygens (including phenoxy) is 1. The number of amides is 1. The zero-order valence-electron chi connectivity index (χ0n) is 14.2. The van der Waals surface area contributed by atoms with Crippen LogP contribution < -0.4 is 10.2 Å². The molecular formula is C19H20N2O4. The van der Waals surface area contributed by atoms with E-state index in [1.165, 1.54) is 13.0 Å². The van der Waals surface area contributed by atoms with E-state index >= 15 is 0 Å². The lowest BCUT2D eigenvalue weighted by molar-refractivity contribution is -0.131. The van der Waals surface area contributed by atoms with Gasteiger partial charge in [0.05, 0.1) is 12.6 Å². The lowest BCUT2D eigenvalue weighted by Gasteiger charge is -2.07. The molecule has 0 heterocycles. The number of benzene rings is 2. The molecule has 0 aliphatic carbocycles. The van der Waals surface area contributed by atoms with E-state index in [4.69, 9.17) is 4.74 Å². The van der Waals surface area contributed by atoms with E-state index in [2.05, 4.69) is 10.5 Å². The van der Waals surface area contributed by atoms with Gasteiger partial charge in [-0.05, 0) is 53.4 Å². The maximum absolute atomic E-state index is 11.9. The van der Waals surface area contributed by atoms with Gasteiger partial charge in [-0.25, -0.2) is 5.43 Å². The van der Waals surface area contributed by atoms with Gasteiger partial charge in [-0.2, -0.15) is 5.10 Å². The number of hydrazone groups is 1. The fourth-order valence-electron chi connectivity index (χ4n) is 2.31. The Bertz CT molecular complexity index is 800. The van der Waals surface area contributed by atoms with Crippen LogP contribution in [0.15, 0.2) is 47.6 Å². The largest absolute Gasteiger partial charge is 0.508 e. The summed E-state index contributed by atoms with van der Waals surface area (Å²) in [5.74, 6) is -0.0530. The van der Waals surface area contributed by atoms with Crippen LogP contribution >= 0.6 is 0 Å². The van der Waals surface area contributed by atoms with Crippen LogP contribution in [-0.2, 0) is 22.4 Å². The molecule has 25 heavy (non-hydrogen) atoms. The Morgan fingerprint density at radius 3 is 2.72 bits per heavy atom. The summed E-state index contributed by atoms with van der Waals surface area (Å²) < 4.78 is 5.06. The van der Waals surface area contributed by atoms with Crippen LogP contribution in [0, 0.1) is 0 Å². The van der Waals surface area contributed by atoms with E-state index < -0.39 is 0 Å². The molecule has 2 rings (SSSR count). The molecule has 0 saturated carbocycles. The van der Waals surface area contributed by atoms with Crippen molar-refractivity contribution in [3.05, 3.63) is 59.2 Å². The maximum atomic E-state index is 11.9. The van der Waals surface area contributed by atoms with Crippen LogP contribution in [-0.4, -0.2) is 23.2 Å². The minimum absolute atomic E-state index is 0.120. The predicted molar refractivity (Wildman–Crippen MR) is 94.7 cm³/mol. The molecule has 0 radical (unpaired) electrons. The average Bonchev–Trinajstić information content (AvgIpc) is 2.55. The van der Waals surface area contributed by atoms with E-state index in [1.807, 2.05) is 6.92 Å². The number of carbonyl (C=O) groups is 2. The maximum Gasteiger partial charge on any atom is 0.308 e. The monoisotopic (exact) mass is 340 g/mol. The number of aryl methyl sites for hydroxylation is 1. The Balaban J connectivity index is 1.98. The molecule has 1 amide bonds. The SMILES string of the molecule is CCc1cc(OC(C)=O)ccc1/C=N/NC(=O)Cc1cccc(O)c1. The van der Waals surface area contributed by atoms with Gasteiger partial charge < -0.3 is 9.84 Å². The Labute approximate surface area is 146 Å². The molecule has 0 spiro atoms. The first-order valence-corrected chi connectivity index (χ1v) is 7.89. The van der Waals surface area contributed by atoms with Gasteiger partial charge in [0.1, 0.15) is 11.5 Å². The van der Waals surface area contributed by atoms with Crippen LogP contribution in [0.5, 0.6) is 11.5 Å². The fraction of sp³-hybridized carbons (Fsp3) is 0.211. The number of phenolic OH excluding ortho intramolecular Hbond substituents is 1. The van der Waals surface area contributed by atoms with Gasteiger partial charge >= 0.3 is 5.97 Å². The number of esters is 1. The van der Waals surface area contributed by atoms with Crippen LogP contribution in [0.3, 0.4) is 0 Å². The minimum Gasteiger partial charge on any atom is -0.508 e. The van der Waals surface area contributed by atoms with Crippen molar-refractivity contribution in [3.8, 4) is 11.5 Å². The molecular weight excluding hydrogens is 320 g/mol. The highest BCUT2D eigenvalue weighted by molar-refractivity contribution is 5.85. The van der Waals surface area contributed by atoms with Gasteiger partial charge in [-0.1, -0.05) is 19.1 Å². The highest BCUT2D eigenvalue weighted by atomic mass is 16.5. The molecule has 2 aromatic rings.